The first-order chi connectivity index (χ1) is 10.6. The van der Waals surface area contributed by atoms with Gasteiger partial charge in [0.05, 0.1) is 0 Å². The van der Waals surface area contributed by atoms with Gasteiger partial charge in [-0.1, -0.05) is 44.2 Å². The van der Waals surface area contributed by atoms with Gasteiger partial charge < -0.3 is 9.64 Å². The lowest BCUT2D eigenvalue weighted by Crippen LogP contribution is -2.36. The van der Waals surface area contributed by atoms with E-state index in [1.165, 1.54) is 57.3 Å². The van der Waals surface area contributed by atoms with Crippen LogP contribution in [-0.2, 0) is 10.2 Å². The third-order valence-corrected chi connectivity index (χ3v) is 5.28. The standard InChI is InChI=1S/C20H33NO/c1-20(2,19-9-5-4-6-10-19)13-16-21-14-11-18(12-15-21)8-7-17-22-3/h4-6,9-10,18H,7-8,11-17H2,1-3H3. The average Bonchev–Trinajstić information content (AvgIpc) is 2.55. The zero-order chi connectivity index (χ0) is 15.8. The Hall–Kier alpha value is -0.860. The zero-order valence-corrected chi connectivity index (χ0v) is 14.7. The molecule has 124 valence electrons. The first kappa shape index (κ1) is 17.5. The van der Waals surface area contributed by atoms with E-state index in [4.69, 9.17) is 4.74 Å². The molecule has 0 spiro atoms. The van der Waals surface area contributed by atoms with E-state index >= 15 is 0 Å². The molecule has 1 aromatic carbocycles. The van der Waals surface area contributed by atoms with Crippen LogP contribution in [0.1, 0.15) is 51.5 Å². The Bertz CT molecular complexity index is 407. The maximum Gasteiger partial charge on any atom is 0.0462 e. The molecular weight excluding hydrogens is 270 g/mol. The van der Waals surface area contributed by atoms with Crippen LogP contribution in [0.2, 0.25) is 0 Å². The van der Waals surface area contributed by atoms with Gasteiger partial charge in [-0.25, -0.2) is 0 Å². The monoisotopic (exact) mass is 303 g/mol. The molecule has 0 bridgehead atoms. The topological polar surface area (TPSA) is 12.5 Å². The molecule has 1 saturated heterocycles. The molecule has 2 nitrogen and oxygen atoms in total. The number of likely N-dealkylation sites (tertiary alicyclic amines) is 1. The summed E-state index contributed by atoms with van der Waals surface area (Å²) in [5, 5.41) is 0. The number of methoxy groups -OCH3 is 1. The first-order valence-electron chi connectivity index (χ1n) is 8.88. The van der Waals surface area contributed by atoms with E-state index in [9.17, 15) is 0 Å². The minimum absolute atomic E-state index is 0.274. The summed E-state index contributed by atoms with van der Waals surface area (Å²) in [5.41, 5.74) is 1.74. The summed E-state index contributed by atoms with van der Waals surface area (Å²) in [6.45, 7) is 9.46. The van der Waals surface area contributed by atoms with Crippen molar-refractivity contribution in [3.63, 3.8) is 0 Å². The predicted octanol–water partition coefficient (Wildman–Crippen LogP) is 4.49. The predicted molar refractivity (Wildman–Crippen MR) is 94.4 cm³/mol. The molecule has 1 aromatic rings. The van der Waals surface area contributed by atoms with Crippen molar-refractivity contribution in [2.24, 2.45) is 5.92 Å². The maximum atomic E-state index is 5.16. The second-order valence-electron chi connectivity index (χ2n) is 7.42. The highest BCUT2D eigenvalue weighted by atomic mass is 16.5. The van der Waals surface area contributed by atoms with Gasteiger partial charge in [0.2, 0.25) is 0 Å². The van der Waals surface area contributed by atoms with Crippen LogP contribution < -0.4 is 0 Å². The van der Waals surface area contributed by atoms with Gasteiger partial charge in [0.25, 0.3) is 0 Å². The molecule has 0 atom stereocenters. The number of ether oxygens (including phenoxy) is 1. The van der Waals surface area contributed by atoms with Crippen molar-refractivity contribution >= 4 is 0 Å². The van der Waals surface area contributed by atoms with Crippen LogP contribution in [0.4, 0.5) is 0 Å². The van der Waals surface area contributed by atoms with Crippen molar-refractivity contribution < 1.29 is 4.74 Å². The van der Waals surface area contributed by atoms with Crippen molar-refractivity contribution in [3.05, 3.63) is 35.9 Å². The normalized spacial score (nSPS) is 17.8. The van der Waals surface area contributed by atoms with Gasteiger partial charge in [0, 0.05) is 13.7 Å². The Labute approximate surface area is 136 Å². The fourth-order valence-electron chi connectivity index (χ4n) is 3.49. The molecule has 2 heteroatoms. The highest BCUT2D eigenvalue weighted by molar-refractivity contribution is 5.23. The molecular formula is C20H33NO. The summed E-state index contributed by atoms with van der Waals surface area (Å²) in [5.74, 6) is 0.925. The Morgan fingerprint density at radius 2 is 1.82 bits per heavy atom. The quantitative estimate of drug-likeness (QED) is 0.656. The highest BCUT2D eigenvalue weighted by Crippen LogP contribution is 2.28. The van der Waals surface area contributed by atoms with Crippen LogP contribution in [0, 0.1) is 5.92 Å². The largest absolute Gasteiger partial charge is 0.385 e. The van der Waals surface area contributed by atoms with E-state index in [0.29, 0.717) is 0 Å². The number of rotatable bonds is 8. The molecule has 0 unspecified atom stereocenters. The maximum absolute atomic E-state index is 5.16. The Morgan fingerprint density at radius 3 is 2.45 bits per heavy atom. The second-order valence-corrected chi connectivity index (χ2v) is 7.42. The zero-order valence-electron chi connectivity index (χ0n) is 14.7. The molecule has 0 aromatic heterocycles. The molecule has 1 aliphatic heterocycles. The SMILES string of the molecule is COCCCC1CCN(CCC(C)(C)c2ccccc2)CC1. The smallest absolute Gasteiger partial charge is 0.0462 e. The number of hydrogen-bond acceptors (Lipinski definition) is 2. The fourth-order valence-corrected chi connectivity index (χ4v) is 3.49. The number of hydrogen-bond donors (Lipinski definition) is 0. The first-order valence-corrected chi connectivity index (χ1v) is 8.88. The Balaban J connectivity index is 1.70. The minimum Gasteiger partial charge on any atom is -0.385 e. The fraction of sp³-hybridized carbons (Fsp3) is 0.700. The molecule has 0 amide bonds. The third-order valence-electron chi connectivity index (χ3n) is 5.28. The highest BCUT2D eigenvalue weighted by Gasteiger charge is 2.23. The lowest BCUT2D eigenvalue weighted by molar-refractivity contribution is 0.149. The Kier molecular flexibility index (Phi) is 6.91. The van der Waals surface area contributed by atoms with Gasteiger partial charge in [-0.15, -0.1) is 0 Å². The lowest BCUT2D eigenvalue weighted by atomic mass is 9.81. The number of piperidine rings is 1. The molecule has 0 aliphatic carbocycles. The van der Waals surface area contributed by atoms with E-state index in [1.807, 2.05) is 0 Å². The Morgan fingerprint density at radius 1 is 1.14 bits per heavy atom. The molecule has 1 heterocycles. The van der Waals surface area contributed by atoms with Crippen LogP contribution in [0.3, 0.4) is 0 Å². The van der Waals surface area contributed by atoms with E-state index in [-0.39, 0.29) is 5.41 Å². The van der Waals surface area contributed by atoms with Gasteiger partial charge >= 0.3 is 0 Å². The summed E-state index contributed by atoms with van der Waals surface area (Å²) >= 11 is 0. The van der Waals surface area contributed by atoms with Crippen LogP contribution >= 0.6 is 0 Å². The van der Waals surface area contributed by atoms with Crippen LogP contribution in [0.5, 0.6) is 0 Å². The second kappa shape index (κ2) is 8.69. The van der Waals surface area contributed by atoms with Gasteiger partial charge in [-0.2, -0.15) is 0 Å². The van der Waals surface area contributed by atoms with Crippen LogP contribution in [0.25, 0.3) is 0 Å². The van der Waals surface area contributed by atoms with Crippen LogP contribution in [0.15, 0.2) is 30.3 Å². The number of nitrogens with zero attached hydrogens (tertiary/aromatic N) is 1. The van der Waals surface area contributed by atoms with Crippen molar-refractivity contribution in [3.8, 4) is 0 Å². The van der Waals surface area contributed by atoms with E-state index in [1.54, 1.807) is 7.11 Å². The van der Waals surface area contributed by atoms with Crippen molar-refractivity contribution in [2.75, 3.05) is 33.4 Å². The number of benzene rings is 1. The molecule has 0 radical (unpaired) electrons. The summed E-state index contributed by atoms with van der Waals surface area (Å²) in [6, 6.07) is 10.9. The van der Waals surface area contributed by atoms with E-state index in [0.717, 1.165) is 12.5 Å². The summed E-state index contributed by atoms with van der Waals surface area (Å²) < 4.78 is 5.16. The van der Waals surface area contributed by atoms with Crippen molar-refractivity contribution in [1.29, 1.82) is 0 Å². The molecule has 0 saturated carbocycles. The van der Waals surface area contributed by atoms with Gasteiger partial charge in [0.15, 0.2) is 0 Å². The third kappa shape index (κ3) is 5.40. The van der Waals surface area contributed by atoms with Crippen molar-refractivity contribution in [2.45, 2.75) is 51.4 Å². The van der Waals surface area contributed by atoms with Gasteiger partial charge in [0.1, 0.15) is 0 Å². The molecule has 0 N–H and O–H groups in total. The molecule has 1 aliphatic rings. The minimum atomic E-state index is 0.274. The van der Waals surface area contributed by atoms with E-state index in [2.05, 4.69) is 49.1 Å². The molecule has 1 fully saturated rings. The lowest BCUT2D eigenvalue weighted by Gasteiger charge is -2.34. The van der Waals surface area contributed by atoms with Crippen molar-refractivity contribution in [1.82, 2.24) is 4.90 Å². The van der Waals surface area contributed by atoms with Gasteiger partial charge in [-0.3, -0.25) is 0 Å². The summed E-state index contributed by atoms with van der Waals surface area (Å²) in [6.07, 6.45) is 6.55. The van der Waals surface area contributed by atoms with Gasteiger partial charge in [-0.05, 0) is 68.6 Å². The van der Waals surface area contributed by atoms with Crippen LogP contribution in [-0.4, -0.2) is 38.3 Å². The molecule has 2 rings (SSSR count). The van der Waals surface area contributed by atoms with E-state index < -0.39 is 0 Å². The average molecular weight is 303 g/mol. The molecule has 22 heavy (non-hydrogen) atoms. The summed E-state index contributed by atoms with van der Waals surface area (Å²) in [7, 11) is 1.80. The summed E-state index contributed by atoms with van der Waals surface area (Å²) in [4.78, 5) is 2.66.